The van der Waals surface area contributed by atoms with Crippen molar-refractivity contribution in [3.63, 3.8) is 0 Å². The van der Waals surface area contributed by atoms with Gasteiger partial charge in [0.15, 0.2) is 0 Å². The number of nitrogens with zero attached hydrogens (tertiary/aromatic N) is 7. The van der Waals surface area contributed by atoms with E-state index in [1.54, 1.807) is 37.4 Å². The van der Waals surface area contributed by atoms with Gasteiger partial charge in [-0.05, 0) is 68.3 Å². The molecule has 3 aromatic rings. The van der Waals surface area contributed by atoms with E-state index in [0.717, 1.165) is 49.9 Å². The van der Waals surface area contributed by atoms with Crippen LogP contribution < -0.4 is 15.4 Å². The Kier molecular flexibility index (Phi) is 9.63. The molecule has 5 heterocycles. The van der Waals surface area contributed by atoms with E-state index in [-0.39, 0.29) is 17.5 Å². The van der Waals surface area contributed by atoms with Gasteiger partial charge in [0.1, 0.15) is 18.0 Å². The molecule has 48 heavy (non-hydrogen) atoms. The minimum Gasteiger partial charge on any atom is -0.481 e. The number of nitrogens with two attached hydrogens (primary N) is 1. The number of nitrogens with one attached hydrogen (secondary N) is 1. The zero-order chi connectivity index (χ0) is 33.8. The summed E-state index contributed by atoms with van der Waals surface area (Å²) in [6.45, 7) is 5.52. The Morgan fingerprint density at radius 2 is 1.79 bits per heavy atom. The van der Waals surface area contributed by atoms with Crippen molar-refractivity contribution in [2.24, 2.45) is 21.1 Å². The Morgan fingerprint density at radius 3 is 2.48 bits per heavy atom. The van der Waals surface area contributed by atoms with Gasteiger partial charge < -0.3 is 15.4 Å². The van der Waals surface area contributed by atoms with Crippen LogP contribution in [0, 0.1) is 17.7 Å². The highest BCUT2D eigenvalue weighted by atomic mass is 16.5. The van der Waals surface area contributed by atoms with Crippen molar-refractivity contribution in [3.05, 3.63) is 82.7 Å². The molecule has 0 aliphatic carbocycles. The molecule has 3 saturated heterocycles. The van der Waals surface area contributed by atoms with Crippen molar-refractivity contribution >= 4 is 35.5 Å². The second-order valence-electron chi connectivity index (χ2n) is 12.9. The van der Waals surface area contributed by atoms with E-state index in [2.05, 4.69) is 32.0 Å². The average Bonchev–Trinajstić information content (AvgIpc) is 3.68. The molecule has 0 radical (unpaired) electrons. The lowest BCUT2D eigenvalue weighted by Crippen LogP contribution is -2.44. The molecule has 12 nitrogen and oxygen atoms in total. The lowest BCUT2D eigenvalue weighted by molar-refractivity contribution is -0.133. The molecule has 1 atom stereocenters. The predicted octanol–water partition coefficient (Wildman–Crippen LogP) is 3.41. The van der Waals surface area contributed by atoms with E-state index < -0.39 is 5.41 Å². The number of methoxy groups -OCH3 is 1. The molecule has 0 saturated carbocycles. The number of likely N-dealkylation sites (tertiary alicyclic amines) is 2. The summed E-state index contributed by atoms with van der Waals surface area (Å²) in [6.07, 6.45) is 6.29. The van der Waals surface area contributed by atoms with Crippen LogP contribution >= 0.6 is 0 Å². The summed E-state index contributed by atoms with van der Waals surface area (Å²) in [5, 5.41) is 8.79. The molecule has 0 unspecified atom stereocenters. The van der Waals surface area contributed by atoms with Crippen LogP contribution in [0.3, 0.4) is 0 Å². The van der Waals surface area contributed by atoms with Gasteiger partial charge in [-0.3, -0.25) is 29.8 Å². The number of aliphatic imine (C=N–C) groups is 2. The Balaban J connectivity index is 1.03. The molecule has 3 fully saturated rings. The predicted molar refractivity (Wildman–Crippen MR) is 186 cm³/mol. The van der Waals surface area contributed by atoms with E-state index >= 15 is 0 Å². The summed E-state index contributed by atoms with van der Waals surface area (Å²) in [5.74, 6) is 2.03. The highest BCUT2D eigenvalue weighted by Gasteiger charge is 2.51. The van der Waals surface area contributed by atoms with Crippen LogP contribution in [0.1, 0.15) is 59.5 Å². The number of benzene rings is 1. The number of anilines is 1. The molecule has 6 rings (SSSR count). The second kappa shape index (κ2) is 14.0. The molecule has 3 aliphatic heterocycles. The van der Waals surface area contributed by atoms with Gasteiger partial charge in [-0.2, -0.15) is 0 Å². The van der Waals surface area contributed by atoms with Crippen molar-refractivity contribution in [2.45, 2.75) is 38.5 Å². The number of hydrogen-bond acceptors (Lipinski definition) is 8. The Labute approximate surface area is 281 Å². The SMILES string of the molecule is CN=CN=C(N)c1ccc(C2CCN(C(=O)CN3CC[C@]4(CCN(c5ccc(C)c(C(=N)c6ccc(OC)nc6)n5)C4=O)C3)CC2)cc1. The van der Waals surface area contributed by atoms with E-state index in [9.17, 15) is 9.59 Å². The number of aromatic nitrogens is 2. The van der Waals surface area contributed by atoms with Crippen LogP contribution in [-0.4, -0.2) is 103 Å². The number of pyridine rings is 2. The molecule has 1 spiro atoms. The summed E-state index contributed by atoms with van der Waals surface area (Å²) in [5.41, 5.74) is 9.85. The van der Waals surface area contributed by atoms with Crippen molar-refractivity contribution in [2.75, 3.05) is 58.3 Å². The zero-order valence-electron chi connectivity index (χ0n) is 27.9. The normalized spacial score (nSPS) is 20.7. The Bertz CT molecular complexity index is 1730. The fourth-order valence-corrected chi connectivity index (χ4v) is 7.09. The average molecular weight is 650 g/mol. The number of amidine groups is 1. The summed E-state index contributed by atoms with van der Waals surface area (Å²) in [4.78, 5) is 50.1. The maximum Gasteiger partial charge on any atom is 0.236 e. The zero-order valence-corrected chi connectivity index (χ0v) is 27.9. The largest absolute Gasteiger partial charge is 0.481 e. The monoisotopic (exact) mass is 649 g/mol. The molecule has 3 aliphatic rings. The van der Waals surface area contributed by atoms with Crippen LogP contribution in [0.15, 0.2) is 64.7 Å². The maximum absolute atomic E-state index is 13.9. The van der Waals surface area contributed by atoms with E-state index in [0.29, 0.717) is 60.9 Å². The van der Waals surface area contributed by atoms with Gasteiger partial charge in [0.2, 0.25) is 17.7 Å². The smallest absolute Gasteiger partial charge is 0.236 e. The van der Waals surface area contributed by atoms with E-state index in [1.165, 1.54) is 11.9 Å². The Morgan fingerprint density at radius 1 is 1.06 bits per heavy atom. The van der Waals surface area contributed by atoms with Gasteiger partial charge in [-0.25, -0.2) is 15.0 Å². The fourth-order valence-electron chi connectivity index (χ4n) is 7.09. The van der Waals surface area contributed by atoms with Gasteiger partial charge in [0.05, 0.1) is 30.5 Å². The summed E-state index contributed by atoms with van der Waals surface area (Å²) < 4.78 is 5.14. The number of ether oxygens (including phenoxy) is 1. The summed E-state index contributed by atoms with van der Waals surface area (Å²) in [7, 11) is 3.20. The first kappa shape index (κ1) is 33.0. The molecule has 0 bridgehead atoms. The van der Waals surface area contributed by atoms with Gasteiger partial charge in [-0.15, -0.1) is 0 Å². The van der Waals surface area contributed by atoms with Gasteiger partial charge in [0.25, 0.3) is 0 Å². The number of rotatable bonds is 9. The molecule has 3 N–H and O–H groups in total. The second-order valence-corrected chi connectivity index (χ2v) is 12.9. The molecular weight excluding hydrogens is 606 g/mol. The molecule has 12 heteroatoms. The first-order chi connectivity index (χ1) is 23.2. The van der Waals surface area contributed by atoms with Crippen molar-refractivity contribution in [3.8, 4) is 5.88 Å². The first-order valence-corrected chi connectivity index (χ1v) is 16.4. The minimum absolute atomic E-state index is 0.0516. The van der Waals surface area contributed by atoms with Crippen LogP contribution in [0.4, 0.5) is 5.82 Å². The minimum atomic E-state index is -0.517. The molecule has 250 valence electrons. The number of amides is 2. The molecule has 1 aromatic carbocycles. The third-order valence-electron chi connectivity index (χ3n) is 9.97. The van der Waals surface area contributed by atoms with Gasteiger partial charge >= 0.3 is 0 Å². The van der Waals surface area contributed by atoms with Crippen molar-refractivity contribution < 1.29 is 14.3 Å². The third kappa shape index (κ3) is 6.70. The van der Waals surface area contributed by atoms with Gasteiger partial charge in [-0.1, -0.05) is 30.3 Å². The van der Waals surface area contributed by atoms with Crippen LogP contribution in [0.25, 0.3) is 0 Å². The quantitative estimate of drug-likeness (QED) is 0.266. The van der Waals surface area contributed by atoms with Gasteiger partial charge in [0, 0.05) is 56.6 Å². The summed E-state index contributed by atoms with van der Waals surface area (Å²) >= 11 is 0. The maximum atomic E-state index is 13.9. The lowest BCUT2D eigenvalue weighted by atomic mass is 9.85. The van der Waals surface area contributed by atoms with Crippen LogP contribution in [0.2, 0.25) is 0 Å². The molecular formula is C36H43N9O3. The molecule has 2 amide bonds. The number of carbonyl (C=O) groups is 2. The number of carbonyl (C=O) groups excluding carboxylic acids is 2. The van der Waals surface area contributed by atoms with E-state index in [4.69, 9.17) is 20.9 Å². The number of piperidine rings is 1. The lowest BCUT2D eigenvalue weighted by Gasteiger charge is -2.33. The Hall–Kier alpha value is -4.97. The third-order valence-corrected chi connectivity index (χ3v) is 9.97. The standard InChI is InChI=1S/C36H43N9O3/c1-24-4-10-29(42-33(24)32(37)28-9-11-30(48-3)40-20-28)45-19-15-36(35(45)47)14-18-43(22-36)21-31(46)44-16-12-26(13-17-44)25-5-7-27(8-6-25)34(38)41-23-39-2/h4-11,20,23,26,37H,12-19,21-22H2,1-3H3,(H2,38,39,41)/t36-/m0/s1. The van der Waals surface area contributed by atoms with E-state index in [1.807, 2.05) is 36.1 Å². The van der Waals surface area contributed by atoms with Crippen LogP contribution in [0.5, 0.6) is 5.88 Å². The summed E-state index contributed by atoms with van der Waals surface area (Å²) in [6, 6.07) is 15.4. The topological polar surface area (TPSA) is 153 Å². The highest BCUT2D eigenvalue weighted by molar-refractivity contribution is 6.11. The van der Waals surface area contributed by atoms with Crippen LogP contribution in [-0.2, 0) is 9.59 Å². The fraction of sp³-hybridized carbons (Fsp3) is 0.417. The molecule has 2 aromatic heterocycles. The number of hydrogen-bond donors (Lipinski definition) is 2. The van der Waals surface area contributed by atoms with Crippen molar-refractivity contribution in [1.29, 1.82) is 5.41 Å². The highest BCUT2D eigenvalue weighted by Crippen LogP contribution is 2.42. The van der Waals surface area contributed by atoms with Crippen molar-refractivity contribution in [1.82, 2.24) is 19.8 Å². The number of aryl methyl sites for hydroxylation is 1. The first-order valence-electron chi connectivity index (χ1n) is 16.4.